The predicted octanol–water partition coefficient (Wildman–Crippen LogP) is 4.19. The van der Waals surface area contributed by atoms with Gasteiger partial charge in [-0.2, -0.15) is 0 Å². The number of amides is 2. The van der Waals surface area contributed by atoms with Crippen LogP contribution in [0.15, 0.2) is 27.6 Å². The number of likely N-dealkylation sites (N-methyl/N-ethyl adjacent to an activating group) is 1. The first-order valence-corrected chi connectivity index (χ1v) is 9.91. The van der Waals surface area contributed by atoms with Crippen LogP contribution in [0.4, 0.5) is 5.69 Å². The maximum Gasteiger partial charge on any atom is 0.267 e. The van der Waals surface area contributed by atoms with Crippen molar-refractivity contribution in [2.75, 3.05) is 18.0 Å². The smallest absolute Gasteiger partial charge is 0.267 e. The zero-order chi connectivity index (χ0) is 17.4. The van der Waals surface area contributed by atoms with Crippen LogP contribution in [0.25, 0.3) is 5.57 Å². The maximum atomic E-state index is 12.9. The second kappa shape index (κ2) is 6.98. The Kier molecular flexibility index (Phi) is 5.13. The summed E-state index contributed by atoms with van der Waals surface area (Å²) in [7, 11) is 0. The molecule has 1 aromatic rings. The average Bonchev–Trinajstić information content (AvgIpc) is 2.98. The molecule has 0 saturated carbocycles. The molecular weight excluding hydrogens is 408 g/mol. The highest BCUT2D eigenvalue weighted by Crippen LogP contribution is 2.45. The number of halogens is 1. The largest absolute Gasteiger partial charge is 0.308 e. The minimum Gasteiger partial charge on any atom is -0.308 e. The highest BCUT2D eigenvalue weighted by molar-refractivity contribution is 9.10. The number of unbranched alkanes of at least 4 members (excludes halogenated alkanes) is 1. The van der Waals surface area contributed by atoms with Crippen LogP contribution in [0.1, 0.15) is 32.3 Å². The number of thiocarbonyl (C=S) groups is 1. The highest BCUT2D eigenvalue weighted by atomic mass is 79.9. The number of anilines is 1. The Morgan fingerprint density at radius 2 is 1.92 bits per heavy atom. The fourth-order valence-electron chi connectivity index (χ4n) is 2.90. The Bertz CT molecular complexity index is 776. The summed E-state index contributed by atoms with van der Waals surface area (Å²) in [4.78, 5) is 29.5. The molecule has 2 aliphatic rings. The molecule has 0 spiro atoms. The summed E-state index contributed by atoms with van der Waals surface area (Å²) in [5.74, 6) is -0.271. The van der Waals surface area contributed by atoms with Crippen LogP contribution in [-0.4, -0.2) is 34.1 Å². The minimum atomic E-state index is -0.148. The first-order valence-electron chi connectivity index (χ1n) is 7.89. The number of nitrogens with zero attached hydrogens (tertiary/aromatic N) is 2. The van der Waals surface area contributed by atoms with E-state index in [1.165, 1.54) is 11.8 Å². The third-order valence-corrected chi connectivity index (χ3v) is 6.05. The molecule has 2 heterocycles. The minimum absolute atomic E-state index is 0.124. The van der Waals surface area contributed by atoms with E-state index in [4.69, 9.17) is 12.2 Å². The predicted molar refractivity (Wildman–Crippen MR) is 106 cm³/mol. The number of hydrogen-bond acceptors (Lipinski definition) is 4. The fourth-order valence-corrected chi connectivity index (χ4v) is 4.64. The van der Waals surface area contributed by atoms with Crippen molar-refractivity contribution in [2.45, 2.75) is 26.7 Å². The van der Waals surface area contributed by atoms with Crippen LogP contribution in [-0.2, 0) is 9.59 Å². The van der Waals surface area contributed by atoms with Crippen LogP contribution < -0.4 is 4.90 Å². The van der Waals surface area contributed by atoms with Gasteiger partial charge in [0.25, 0.3) is 11.8 Å². The summed E-state index contributed by atoms with van der Waals surface area (Å²) < 4.78 is 1.42. The molecule has 4 nitrogen and oxygen atoms in total. The van der Waals surface area contributed by atoms with Crippen molar-refractivity contribution >= 4 is 67.3 Å². The lowest BCUT2D eigenvalue weighted by molar-refractivity contribution is -0.122. The van der Waals surface area contributed by atoms with Gasteiger partial charge in [0, 0.05) is 23.1 Å². The number of hydrogen-bond donors (Lipinski definition) is 0. The van der Waals surface area contributed by atoms with Crippen molar-refractivity contribution in [3.05, 3.63) is 33.1 Å². The summed E-state index contributed by atoms with van der Waals surface area (Å²) in [5, 5.41) is 0. The van der Waals surface area contributed by atoms with Gasteiger partial charge in [-0.1, -0.05) is 53.3 Å². The lowest BCUT2D eigenvalue weighted by Crippen LogP contribution is -2.30. The van der Waals surface area contributed by atoms with Gasteiger partial charge in [0.2, 0.25) is 0 Å². The van der Waals surface area contributed by atoms with E-state index in [0.717, 1.165) is 28.6 Å². The molecule has 2 amide bonds. The second-order valence-electron chi connectivity index (χ2n) is 5.59. The molecule has 0 N–H and O–H groups in total. The summed E-state index contributed by atoms with van der Waals surface area (Å²) in [6, 6.07) is 5.71. The Labute approximate surface area is 159 Å². The van der Waals surface area contributed by atoms with Gasteiger partial charge < -0.3 is 4.90 Å². The molecule has 0 radical (unpaired) electrons. The number of carbonyl (C=O) groups is 2. The lowest BCUT2D eigenvalue weighted by atomic mass is 10.1. The molecular formula is C17H17BrN2O2S2. The molecule has 1 aromatic carbocycles. The van der Waals surface area contributed by atoms with Crippen molar-refractivity contribution in [3.63, 3.8) is 0 Å². The van der Waals surface area contributed by atoms with Crippen molar-refractivity contribution in [2.24, 2.45) is 0 Å². The number of carbonyl (C=O) groups excluding carboxylic acids is 2. The van der Waals surface area contributed by atoms with Gasteiger partial charge in [0.05, 0.1) is 16.2 Å². The molecule has 0 aliphatic carbocycles. The molecule has 126 valence electrons. The molecule has 1 fully saturated rings. The van der Waals surface area contributed by atoms with Crippen molar-refractivity contribution in [1.29, 1.82) is 0 Å². The van der Waals surface area contributed by atoms with E-state index in [1.54, 1.807) is 9.80 Å². The van der Waals surface area contributed by atoms with Crippen LogP contribution in [0, 0.1) is 0 Å². The van der Waals surface area contributed by atoms with E-state index >= 15 is 0 Å². The molecule has 24 heavy (non-hydrogen) atoms. The van der Waals surface area contributed by atoms with Crippen molar-refractivity contribution < 1.29 is 9.59 Å². The first-order chi connectivity index (χ1) is 11.5. The number of fused-ring (bicyclic) bond motifs is 1. The first kappa shape index (κ1) is 17.6. The Balaban J connectivity index is 2.10. The van der Waals surface area contributed by atoms with Crippen LogP contribution in [0.3, 0.4) is 0 Å². The van der Waals surface area contributed by atoms with E-state index in [2.05, 4.69) is 22.9 Å². The van der Waals surface area contributed by atoms with Gasteiger partial charge in [-0.25, -0.2) is 0 Å². The van der Waals surface area contributed by atoms with Gasteiger partial charge in [0.1, 0.15) is 4.32 Å². The number of benzene rings is 1. The quantitative estimate of drug-likeness (QED) is 0.536. The van der Waals surface area contributed by atoms with Gasteiger partial charge in [-0.15, -0.1) is 0 Å². The summed E-state index contributed by atoms with van der Waals surface area (Å²) in [5.41, 5.74) is 2.12. The van der Waals surface area contributed by atoms with Crippen molar-refractivity contribution in [3.8, 4) is 0 Å². The molecule has 7 heteroatoms. The molecule has 1 saturated heterocycles. The van der Waals surface area contributed by atoms with Crippen LogP contribution >= 0.6 is 39.9 Å². The van der Waals surface area contributed by atoms with Gasteiger partial charge >= 0.3 is 0 Å². The highest BCUT2D eigenvalue weighted by Gasteiger charge is 2.41. The van der Waals surface area contributed by atoms with E-state index < -0.39 is 0 Å². The average molecular weight is 425 g/mol. The van der Waals surface area contributed by atoms with Gasteiger partial charge in [-0.05, 0) is 31.5 Å². The molecule has 0 aromatic heterocycles. The summed E-state index contributed by atoms with van der Waals surface area (Å²) in [6.45, 7) is 5.17. The van der Waals surface area contributed by atoms with Crippen LogP contribution in [0.2, 0.25) is 0 Å². The fraction of sp³-hybridized carbons (Fsp3) is 0.353. The Morgan fingerprint density at radius 1 is 1.17 bits per heavy atom. The van der Waals surface area contributed by atoms with Gasteiger partial charge in [0.15, 0.2) is 0 Å². The lowest BCUT2D eigenvalue weighted by Gasteiger charge is -2.14. The molecule has 0 atom stereocenters. The van der Waals surface area contributed by atoms with Crippen LogP contribution in [0.5, 0.6) is 0 Å². The van der Waals surface area contributed by atoms with E-state index in [-0.39, 0.29) is 11.8 Å². The topological polar surface area (TPSA) is 40.6 Å². The SMILES string of the molecule is CCCCN1C(=O)/C(=C2/C(=O)N(CC)c3ccc(Br)cc32)SC1=S. The molecule has 0 unspecified atom stereocenters. The van der Waals surface area contributed by atoms with E-state index in [1.807, 2.05) is 25.1 Å². The number of rotatable bonds is 4. The van der Waals surface area contributed by atoms with Gasteiger partial charge in [-0.3, -0.25) is 14.5 Å². The zero-order valence-corrected chi connectivity index (χ0v) is 16.7. The normalized spacial score (nSPS) is 20.4. The molecule has 3 rings (SSSR count). The monoisotopic (exact) mass is 424 g/mol. The van der Waals surface area contributed by atoms with E-state index in [9.17, 15) is 9.59 Å². The Hall–Kier alpha value is -1.18. The summed E-state index contributed by atoms with van der Waals surface area (Å²) >= 11 is 10.1. The standard InChI is InChI=1S/C17H17BrN2O2S2/c1-3-5-8-20-16(22)14(24-17(20)23)13-11-9-10(18)6-7-12(11)19(4-2)15(13)21/h6-7,9H,3-5,8H2,1-2H3/b14-13-. The van der Waals surface area contributed by atoms with Crippen molar-refractivity contribution in [1.82, 2.24) is 4.90 Å². The third-order valence-electron chi connectivity index (χ3n) is 4.11. The molecule has 0 bridgehead atoms. The molecule has 2 aliphatic heterocycles. The van der Waals surface area contributed by atoms with E-state index in [0.29, 0.717) is 27.9 Å². The Morgan fingerprint density at radius 3 is 2.58 bits per heavy atom. The maximum absolute atomic E-state index is 12.9. The summed E-state index contributed by atoms with van der Waals surface area (Å²) in [6.07, 6.45) is 1.88. The second-order valence-corrected chi connectivity index (χ2v) is 8.15. The number of thioether (sulfide) groups is 1. The third kappa shape index (κ3) is 2.82. The zero-order valence-electron chi connectivity index (χ0n) is 13.5.